The quantitative estimate of drug-likeness (QED) is 0.663. The third-order valence-corrected chi connectivity index (χ3v) is 3.77. The molecule has 0 radical (unpaired) electrons. The Morgan fingerprint density at radius 3 is 2.60 bits per heavy atom. The van der Waals surface area contributed by atoms with E-state index in [-0.39, 0.29) is 18.9 Å². The molecule has 0 aliphatic carbocycles. The summed E-state index contributed by atoms with van der Waals surface area (Å²) in [5.74, 6) is 0.0145. The number of ether oxygens (including phenoxy) is 2. The van der Waals surface area contributed by atoms with Gasteiger partial charge in [0.2, 0.25) is 0 Å². The molecule has 0 saturated heterocycles. The molecule has 0 spiro atoms. The highest BCUT2D eigenvalue weighted by Gasteiger charge is 2.56. The molecule has 2 heterocycles. The van der Waals surface area contributed by atoms with E-state index in [1.807, 2.05) is 0 Å². The fourth-order valence-corrected chi connectivity index (χ4v) is 2.71. The standard InChI is InChI=1S/C18H25NO6/c1-6-23-15(21)18(14(20)13-9-8-12(2)24-13)10-7-11-19(18)16(22)25-17(3,4)5/h7-10,14,20H,6,11H2,1-5H3/t14-,18-/m1/s1. The molecule has 1 aliphatic heterocycles. The van der Waals surface area contributed by atoms with Crippen molar-refractivity contribution in [1.82, 2.24) is 4.90 Å². The average Bonchev–Trinajstić information content (AvgIpc) is 3.12. The number of nitrogens with zero attached hydrogens (tertiary/aromatic N) is 1. The molecule has 0 fully saturated rings. The zero-order valence-electron chi connectivity index (χ0n) is 15.2. The number of esters is 1. The lowest BCUT2D eigenvalue weighted by atomic mass is 9.90. The van der Waals surface area contributed by atoms with E-state index in [0.29, 0.717) is 5.76 Å². The van der Waals surface area contributed by atoms with Crippen molar-refractivity contribution in [2.45, 2.75) is 51.9 Å². The smallest absolute Gasteiger partial charge is 0.411 e. The second-order valence-corrected chi connectivity index (χ2v) is 6.89. The lowest BCUT2D eigenvalue weighted by Gasteiger charge is -2.38. The number of aliphatic hydroxyl groups is 1. The number of aliphatic hydroxyl groups excluding tert-OH is 1. The first kappa shape index (κ1) is 19.1. The van der Waals surface area contributed by atoms with Crippen LogP contribution in [-0.2, 0) is 14.3 Å². The highest BCUT2D eigenvalue weighted by atomic mass is 16.6. The molecule has 0 aromatic carbocycles. The van der Waals surface area contributed by atoms with Gasteiger partial charge in [-0.1, -0.05) is 6.08 Å². The molecule has 1 aromatic heterocycles. The van der Waals surface area contributed by atoms with Crippen LogP contribution >= 0.6 is 0 Å². The number of hydrogen-bond donors (Lipinski definition) is 1. The molecule has 1 N–H and O–H groups in total. The van der Waals surface area contributed by atoms with Crippen LogP contribution in [0.1, 0.15) is 45.3 Å². The van der Waals surface area contributed by atoms with Gasteiger partial charge < -0.3 is 19.0 Å². The Morgan fingerprint density at radius 1 is 1.40 bits per heavy atom. The molecular formula is C18H25NO6. The van der Waals surface area contributed by atoms with Crippen LogP contribution in [0.5, 0.6) is 0 Å². The van der Waals surface area contributed by atoms with Crippen LogP contribution < -0.4 is 0 Å². The fraction of sp³-hybridized carbons (Fsp3) is 0.556. The second-order valence-electron chi connectivity index (χ2n) is 6.89. The molecule has 2 atom stereocenters. The summed E-state index contributed by atoms with van der Waals surface area (Å²) in [6.45, 7) is 8.80. The topological polar surface area (TPSA) is 89.2 Å². The van der Waals surface area contributed by atoms with Crippen LogP contribution in [0.15, 0.2) is 28.7 Å². The number of amides is 1. The van der Waals surface area contributed by atoms with E-state index in [0.717, 1.165) is 0 Å². The highest BCUT2D eigenvalue weighted by Crippen LogP contribution is 2.39. The molecular weight excluding hydrogens is 326 g/mol. The van der Waals surface area contributed by atoms with Gasteiger partial charge in [0.25, 0.3) is 0 Å². The Bertz CT molecular complexity index is 671. The van der Waals surface area contributed by atoms with Crippen molar-refractivity contribution in [1.29, 1.82) is 0 Å². The van der Waals surface area contributed by atoms with Crippen molar-refractivity contribution >= 4 is 12.1 Å². The van der Waals surface area contributed by atoms with E-state index in [1.165, 1.54) is 11.0 Å². The summed E-state index contributed by atoms with van der Waals surface area (Å²) in [4.78, 5) is 26.6. The molecule has 1 aliphatic rings. The van der Waals surface area contributed by atoms with Crippen LogP contribution in [0.2, 0.25) is 0 Å². The summed E-state index contributed by atoms with van der Waals surface area (Å²) in [7, 11) is 0. The van der Waals surface area contributed by atoms with Gasteiger partial charge >= 0.3 is 12.1 Å². The molecule has 1 aromatic rings. The Balaban J connectivity index is 2.45. The van der Waals surface area contributed by atoms with Gasteiger partial charge in [-0.15, -0.1) is 0 Å². The monoisotopic (exact) mass is 351 g/mol. The number of rotatable bonds is 4. The van der Waals surface area contributed by atoms with Gasteiger partial charge in [-0.2, -0.15) is 0 Å². The van der Waals surface area contributed by atoms with E-state index in [4.69, 9.17) is 13.9 Å². The summed E-state index contributed by atoms with van der Waals surface area (Å²) >= 11 is 0. The SMILES string of the molecule is CCOC(=O)[C@]1([C@H](O)c2ccc(C)o2)C=CCN1C(=O)OC(C)(C)C. The molecule has 1 amide bonds. The molecule has 25 heavy (non-hydrogen) atoms. The summed E-state index contributed by atoms with van der Waals surface area (Å²) < 4.78 is 16.0. The molecule has 0 bridgehead atoms. The minimum Gasteiger partial charge on any atom is -0.464 e. The molecule has 7 heteroatoms. The first-order chi connectivity index (χ1) is 11.6. The summed E-state index contributed by atoms with van der Waals surface area (Å²) in [5, 5.41) is 10.9. The largest absolute Gasteiger partial charge is 0.464 e. The van der Waals surface area contributed by atoms with Gasteiger partial charge in [0, 0.05) is 6.54 Å². The third kappa shape index (κ3) is 3.71. The normalized spacial score (nSPS) is 21.3. The predicted molar refractivity (Wildman–Crippen MR) is 89.8 cm³/mol. The van der Waals surface area contributed by atoms with Crippen molar-refractivity contribution in [3.05, 3.63) is 35.8 Å². The maximum atomic E-state index is 12.7. The Morgan fingerprint density at radius 2 is 2.08 bits per heavy atom. The van der Waals surface area contributed by atoms with E-state index < -0.39 is 29.3 Å². The predicted octanol–water partition coefficient (Wildman–Crippen LogP) is 2.73. The zero-order chi connectivity index (χ0) is 18.8. The minimum absolute atomic E-state index is 0.112. The Kier molecular flexibility index (Phi) is 5.27. The first-order valence-corrected chi connectivity index (χ1v) is 8.21. The van der Waals surface area contributed by atoms with Gasteiger partial charge in [0.05, 0.1) is 6.61 Å². The van der Waals surface area contributed by atoms with Crippen LogP contribution in [-0.4, -0.2) is 46.4 Å². The molecule has 0 unspecified atom stereocenters. The lowest BCUT2D eigenvalue weighted by molar-refractivity contribution is -0.161. The summed E-state index contributed by atoms with van der Waals surface area (Å²) in [6.07, 6.45) is 0.955. The average molecular weight is 351 g/mol. The van der Waals surface area contributed by atoms with Gasteiger partial charge in [-0.25, -0.2) is 9.59 Å². The van der Waals surface area contributed by atoms with Crippen LogP contribution in [0.4, 0.5) is 4.79 Å². The van der Waals surface area contributed by atoms with Crippen LogP contribution in [0.3, 0.4) is 0 Å². The van der Waals surface area contributed by atoms with E-state index in [1.54, 1.807) is 52.8 Å². The van der Waals surface area contributed by atoms with Crippen molar-refractivity contribution in [2.24, 2.45) is 0 Å². The Hall–Kier alpha value is -2.28. The van der Waals surface area contributed by atoms with Crippen LogP contribution in [0.25, 0.3) is 0 Å². The summed E-state index contributed by atoms with van der Waals surface area (Å²) in [6, 6.07) is 3.24. The number of carbonyl (C=O) groups is 2. The fourth-order valence-electron chi connectivity index (χ4n) is 2.71. The number of aryl methyl sites for hydroxylation is 1. The third-order valence-electron chi connectivity index (χ3n) is 3.77. The van der Waals surface area contributed by atoms with E-state index in [9.17, 15) is 14.7 Å². The summed E-state index contributed by atoms with van der Waals surface area (Å²) in [5.41, 5.74) is -2.48. The van der Waals surface area contributed by atoms with Gasteiger partial charge in [-0.05, 0) is 52.8 Å². The Labute approximate surface area is 147 Å². The van der Waals surface area contributed by atoms with Crippen molar-refractivity contribution in [3.8, 4) is 0 Å². The highest BCUT2D eigenvalue weighted by molar-refractivity contribution is 5.90. The minimum atomic E-state index is -1.73. The van der Waals surface area contributed by atoms with Crippen molar-refractivity contribution in [3.63, 3.8) is 0 Å². The maximum absolute atomic E-state index is 12.7. The van der Waals surface area contributed by atoms with Gasteiger partial charge in [-0.3, -0.25) is 4.90 Å². The number of hydrogen-bond acceptors (Lipinski definition) is 6. The molecule has 7 nitrogen and oxygen atoms in total. The van der Waals surface area contributed by atoms with E-state index >= 15 is 0 Å². The zero-order valence-corrected chi connectivity index (χ0v) is 15.2. The molecule has 2 rings (SSSR count). The van der Waals surface area contributed by atoms with Crippen molar-refractivity contribution < 1.29 is 28.6 Å². The lowest BCUT2D eigenvalue weighted by Crippen LogP contribution is -2.58. The molecule has 0 saturated carbocycles. The van der Waals surface area contributed by atoms with Crippen molar-refractivity contribution in [2.75, 3.05) is 13.2 Å². The first-order valence-electron chi connectivity index (χ1n) is 8.21. The van der Waals surface area contributed by atoms with E-state index in [2.05, 4.69) is 0 Å². The van der Waals surface area contributed by atoms with Crippen LogP contribution in [0, 0.1) is 6.92 Å². The van der Waals surface area contributed by atoms with Gasteiger partial charge in [0.1, 0.15) is 23.2 Å². The maximum Gasteiger partial charge on any atom is 0.411 e. The van der Waals surface area contributed by atoms with Gasteiger partial charge in [0.15, 0.2) is 5.54 Å². The number of furan rings is 1. The second kappa shape index (κ2) is 6.92. The molecule has 138 valence electrons. The number of carbonyl (C=O) groups excluding carboxylic acids is 2.